The number of rotatable bonds is 4. The van der Waals surface area contributed by atoms with E-state index in [-0.39, 0.29) is 18.2 Å². The molecule has 1 aromatic heterocycles. The van der Waals surface area contributed by atoms with Crippen LogP contribution >= 0.6 is 11.8 Å². The van der Waals surface area contributed by atoms with Gasteiger partial charge in [-0.2, -0.15) is 0 Å². The molecule has 0 spiro atoms. The van der Waals surface area contributed by atoms with Crippen LogP contribution in [0.25, 0.3) is 10.9 Å². The summed E-state index contributed by atoms with van der Waals surface area (Å²) in [5, 5.41) is 0.963. The number of amides is 2. The first-order valence-electron chi connectivity index (χ1n) is 8.47. The quantitative estimate of drug-likeness (QED) is 0.511. The monoisotopic (exact) mass is 379 g/mol. The van der Waals surface area contributed by atoms with Crippen LogP contribution in [0, 0.1) is 6.92 Å². The van der Waals surface area contributed by atoms with Gasteiger partial charge in [-0.3, -0.25) is 9.59 Å². The number of thioether (sulfide) groups is 1. The Morgan fingerprint density at radius 2 is 1.81 bits per heavy atom. The third kappa shape index (κ3) is 3.26. The zero-order valence-electron chi connectivity index (χ0n) is 14.9. The van der Waals surface area contributed by atoms with E-state index in [0.29, 0.717) is 16.6 Å². The van der Waals surface area contributed by atoms with E-state index < -0.39 is 5.25 Å². The van der Waals surface area contributed by atoms with Crippen LogP contribution in [-0.4, -0.2) is 34.1 Å². The summed E-state index contributed by atoms with van der Waals surface area (Å²) in [6, 6.07) is 14.6. The number of carbonyl (C=O) groups excluding carboxylic acids is 2. The zero-order valence-corrected chi connectivity index (χ0v) is 15.7. The lowest BCUT2D eigenvalue weighted by molar-refractivity contribution is -0.121. The van der Waals surface area contributed by atoms with Gasteiger partial charge in [-0.05, 0) is 37.3 Å². The van der Waals surface area contributed by atoms with Crippen molar-refractivity contribution in [3.05, 3.63) is 54.2 Å². The Kier molecular flexibility index (Phi) is 4.53. The van der Waals surface area contributed by atoms with Gasteiger partial charge in [0.25, 0.3) is 0 Å². The van der Waals surface area contributed by atoms with E-state index >= 15 is 0 Å². The zero-order chi connectivity index (χ0) is 19.0. The maximum absolute atomic E-state index is 12.8. The number of anilines is 1. The molecule has 7 heteroatoms. The van der Waals surface area contributed by atoms with Gasteiger partial charge >= 0.3 is 0 Å². The maximum atomic E-state index is 12.8. The van der Waals surface area contributed by atoms with Gasteiger partial charge in [-0.15, -0.1) is 0 Å². The van der Waals surface area contributed by atoms with Crippen molar-refractivity contribution in [3.63, 3.8) is 0 Å². The van der Waals surface area contributed by atoms with Crippen LogP contribution in [0.2, 0.25) is 0 Å². The summed E-state index contributed by atoms with van der Waals surface area (Å²) in [6.45, 7) is 1.92. The van der Waals surface area contributed by atoms with Crippen LogP contribution in [0.3, 0.4) is 0 Å². The molecule has 4 rings (SSSR count). The Morgan fingerprint density at radius 1 is 1.07 bits per heavy atom. The number of aryl methyl sites for hydroxylation is 1. The largest absolute Gasteiger partial charge is 0.497 e. The molecular weight excluding hydrogens is 362 g/mol. The molecule has 1 saturated heterocycles. The second-order valence-corrected chi connectivity index (χ2v) is 7.35. The molecule has 0 saturated carbocycles. The first-order chi connectivity index (χ1) is 13.1. The van der Waals surface area contributed by atoms with Gasteiger partial charge < -0.3 is 4.74 Å². The molecule has 0 unspecified atom stereocenters. The second kappa shape index (κ2) is 7.00. The summed E-state index contributed by atoms with van der Waals surface area (Å²) in [4.78, 5) is 35.5. The van der Waals surface area contributed by atoms with Gasteiger partial charge in [0.15, 0.2) is 5.16 Å². The number of hydrogen-bond acceptors (Lipinski definition) is 6. The Bertz CT molecular complexity index is 1040. The van der Waals surface area contributed by atoms with Crippen molar-refractivity contribution in [2.75, 3.05) is 12.0 Å². The van der Waals surface area contributed by atoms with Crippen molar-refractivity contribution in [1.29, 1.82) is 0 Å². The van der Waals surface area contributed by atoms with Gasteiger partial charge in [-0.25, -0.2) is 14.9 Å². The molecular formula is C20H17N3O3S. The van der Waals surface area contributed by atoms with E-state index in [9.17, 15) is 9.59 Å². The lowest BCUT2D eigenvalue weighted by Crippen LogP contribution is -2.31. The maximum Gasteiger partial charge on any atom is 0.247 e. The van der Waals surface area contributed by atoms with E-state index in [1.54, 1.807) is 31.4 Å². The number of nitrogens with zero attached hydrogens (tertiary/aromatic N) is 3. The molecule has 27 heavy (non-hydrogen) atoms. The van der Waals surface area contributed by atoms with Crippen molar-refractivity contribution >= 4 is 40.2 Å². The number of aromatic nitrogens is 2. The van der Waals surface area contributed by atoms with Gasteiger partial charge in [0.2, 0.25) is 11.8 Å². The van der Waals surface area contributed by atoms with Crippen molar-refractivity contribution in [2.24, 2.45) is 0 Å². The van der Waals surface area contributed by atoms with E-state index in [4.69, 9.17) is 4.74 Å². The number of fused-ring (bicyclic) bond motifs is 1. The SMILES string of the molecule is COc1ccc(N2C(=O)C[C@H](Sc3nc(C)c4ccccc4n3)C2=O)cc1. The molecule has 1 aliphatic rings. The molecule has 2 heterocycles. The molecule has 1 aliphatic heterocycles. The molecule has 0 aliphatic carbocycles. The first-order valence-corrected chi connectivity index (χ1v) is 9.35. The molecule has 1 fully saturated rings. The second-order valence-electron chi connectivity index (χ2n) is 6.18. The number of methoxy groups -OCH3 is 1. The molecule has 6 nitrogen and oxygen atoms in total. The molecule has 1 atom stereocenters. The topological polar surface area (TPSA) is 72.4 Å². The van der Waals surface area contributed by atoms with Gasteiger partial charge in [-0.1, -0.05) is 30.0 Å². The average Bonchev–Trinajstić information content (AvgIpc) is 2.95. The minimum Gasteiger partial charge on any atom is -0.497 e. The minimum absolute atomic E-state index is 0.130. The van der Waals surface area contributed by atoms with Crippen LogP contribution in [0.15, 0.2) is 53.7 Å². The molecule has 136 valence electrons. The van der Waals surface area contributed by atoms with Crippen LogP contribution in [0.1, 0.15) is 12.1 Å². The summed E-state index contributed by atoms with van der Waals surface area (Å²) in [7, 11) is 1.57. The van der Waals surface area contributed by atoms with Crippen molar-refractivity contribution in [1.82, 2.24) is 9.97 Å². The average molecular weight is 379 g/mol. The highest BCUT2D eigenvalue weighted by Crippen LogP contribution is 2.33. The Labute approximate surface area is 160 Å². The summed E-state index contributed by atoms with van der Waals surface area (Å²) in [5.74, 6) is 0.202. The summed E-state index contributed by atoms with van der Waals surface area (Å²) in [6.07, 6.45) is 0.130. The van der Waals surface area contributed by atoms with Gasteiger partial charge in [0.1, 0.15) is 11.0 Å². The highest BCUT2D eigenvalue weighted by atomic mass is 32.2. The van der Waals surface area contributed by atoms with E-state index in [0.717, 1.165) is 16.6 Å². The lowest BCUT2D eigenvalue weighted by atomic mass is 10.2. The fraction of sp³-hybridized carbons (Fsp3) is 0.200. The van der Waals surface area contributed by atoms with Crippen molar-refractivity contribution < 1.29 is 14.3 Å². The van der Waals surface area contributed by atoms with Crippen LogP contribution in [0.4, 0.5) is 5.69 Å². The first kappa shape index (κ1) is 17.5. The third-order valence-corrected chi connectivity index (χ3v) is 5.50. The minimum atomic E-state index is -0.528. The number of hydrogen-bond donors (Lipinski definition) is 0. The Balaban J connectivity index is 1.58. The van der Waals surface area contributed by atoms with E-state index in [1.807, 2.05) is 31.2 Å². The fourth-order valence-corrected chi connectivity index (χ4v) is 4.11. The van der Waals surface area contributed by atoms with Crippen molar-refractivity contribution in [2.45, 2.75) is 23.8 Å². The number of imide groups is 1. The molecule has 0 bridgehead atoms. The molecule has 2 aromatic carbocycles. The van der Waals surface area contributed by atoms with Gasteiger partial charge in [0.05, 0.1) is 18.3 Å². The lowest BCUT2D eigenvalue weighted by Gasteiger charge is -2.15. The summed E-state index contributed by atoms with van der Waals surface area (Å²) in [5.41, 5.74) is 2.23. The summed E-state index contributed by atoms with van der Waals surface area (Å²) < 4.78 is 5.12. The van der Waals surface area contributed by atoms with E-state index in [2.05, 4.69) is 9.97 Å². The van der Waals surface area contributed by atoms with Crippen LogP contribution in [0.5, 0.6) is 5.75 Å². The molecule has 2 amide bonds. The van der Waals surface area contributed by atoms with E-state index in [1.165, 1.54) is 16.7 Å². The molecule has 0 N–H and O–H groups in total. The third-order valence-electron chi connectivity index (χ3n) is 4.46. The number of carbonyl (C=O) groups is 2. The predicted molar refractivity (Wildman–Crippen MR) is 104 cm³/mol. The van der Waals surface area contributed by atoms with Crippen LogP contribution < -0.4 is 9.64 Å². The highest BCUT2D eigenvalue weighted by Gasteiger charge is 2.40. The highest BCUT2D eigenvalue weighted by molar-refractivity contribution is 8.00. The van der Waals surface area contributed by atoms with Crippen molar-refractivity contribution in [3.8, 4) is 5.75 Å². The smallest absolute Gasteiger partial charge is 0.247 e. The molecule has 0 radical (unpaired) electrons. The normalized spacial score (nSPS) is 17.0. The Hall–Kier alpha value is -2.93. The number of para-hydroxylation sites is 1. The molecule has 3 aromatic rings. The predicted octanol–water partition coefficient (Wildman–Crippen LogP) is 3.37. The summed E-state index contributed by atoms with van der Waals surface area (Å²) >= 11 is 1.24. The Morgan fingerprint density at radius 3 is 2.56 bits per heavy atom. The van der Waals surface area contributed by atoms with Crippen LogP contribution in [-0.2, 0) is 9.59 Å². The van der Waals surface area contributed by atoms with Gasteiger partial charge in [0, 0.05) is 17.5 Å². The fourth-order valence-electron chi connectivity index (χ4n) is 3.09. The number of ether oxygens (including phenoxy) is 1. The standard InChI is InChI=1S/C20H17N3O3S/c1-12-15-5-3-4-6-16(15)22-20(21-12)27-17-11-18(24)23(19(17)25)13-7-9-14(26-2)10-8-13/h3-10,17H,11H2,1-2H3/t17-/m0/s1. The number of benzene rings is 2.